The molecule has 2 N–H and O–H groups in total. The van der Waals surface area contributed by atoms with E-state index in [1.807, 2.05) is 12.1 Å². The van der Waals surface area contributed by atoms with Crippen LogP contribution in [0.2, 0.25) is 0 Å². The number of carbonyl (C=O) groups is 2. The van der Waals surface area contributed by atoms with Gasteiger partial charge in [-0.1, -0.05) is 24.3 Å². The van der Waals surface area contributed by atoms with E-state index in [0.29, 0.717) is 24.2 Å². The lowest BCUT2D eigenvalue weighted by molar-refractivity contribution is -0.118. The fourth-order valence-electron chi connectivity index (χ4n) is 2.82. The molecule has 1 heterocycles. The molecule has 0 aromatic heterocycles. The van der Waals surface area contributed by atoms with E-state index < -0.39 is 0 Å². The van der Waals surface area contributed by atoms with Gasteiger partial charge in [0.05, 0.1) is 6.04 Å². The van der Waals surface area contributed by atoms with E-state index >= 15 is 0 Å². The lowest BCUT2D eigenvalue weighted by Crippen LogP contribution is -2.44. The highest BCUT2D eigenvalue weighted by Gasteiger charge is 2.23. The lowest BCUT2D eigenvalue weighted by atomic mass is 9.95. The van der Waals surface area contributed by atoms with Gasteiger partial charge in [-0.05, 0) is 41.8 Å². The van der Waals surface area contributed by atoms with Crippen LogP contribution in [0, 0.1) is 0 Å². The number of carbonyl (C=O) groups excluding carboxylic acids is 2. The number of amides is 2. The third kappa shape index (κ3) is 3.46. The summed E-state index contributed by atoms with van der Waals surface area (Å²) in [7, 11) is 3.43. The Morgan fingerprint density at radius 2 is 1.71 bits per heavy atom. The second kappa shape index (κ2) is 6.84. The first kappa shape index (κ1) is 16.2. The standard InChI is InChI=1S/C19H21N3O2/c1-22(2)19(24)13-7-9-16(10-8-13)21-18(23)17-11-14-5-3-4-6-15(14)12-20-17/h3-10,17,20H,11-12H2,1-2H3,(H,21,23). The molecule has 2 aromatic rings. The molecule has 24 heavy (non-hydrogen) atoms. The van der Waals surface area contributed by atoms with Crippen molar-refractivity contribution in [3.8, 4) is 0 Å². The average Bonchev–Trinajstić information content (AvgIpc) is 2.61. The molecular formula is C19H21N3O2. The highest BCUT2D eigenvalue weighted by atomic mass is 16.2. The van der Waals surface area contributed by atoms with Gasteiger partial charge >= 0.3 is 0 Å². The number of hydrogen-bond donors (Lipinski definition) is 2. The summed E-state index contributed by atoms with van der Waals surface area (Å²) in [4.78, 5) is 25.9. The van der Waals surface area contributed by atoms with E-state index in [1.165, 1.54) is 16.0 Å². The van der Waals surface area contributed by atoms with Gasteiger partial charge in [-0.3, -0.25) is 9.59 Å². The van der Waals surface area contributed by atoms with E-state index in [-0.39, 0.29) is 17.9 Å². The maximum Gasteiger partial charge on any atom is 0.253 e. The molecule has 1 aliphatic heterocycles. The Morgan fingerprint density at radius 1 is 1.04 bits per heavy atom. The van der Waals surface area contributed by atoms with Gasteiger partial charge in [0.2, 0.25) is 5.91 Å². The van der Waals surface area contributed by atoms with Gasteiger partial charge in [0, 0.05) is 31.9 Å². The van der Waals surface area contributed by atoms with E-state index in [1.54, 1.807) is 38.4 Å². The molecule has 1 unspecified atom stereocenters. The van der Waals surface area contributed by atoms with Crippen LogP contribution in [-0.4, -0.2) is 36.9 Å². The second-order valence-corrected chi connectivity index (χ2v) is 6.17. The number of rotatable bonds is 3. The Kier molecular flexibility index (Phi) is 4.62. The van der Waals surface area contributed by atoms with Crippen LogP contribution in [0.15, 0.2) is 48.5 Å². The molecule has 0 saturated heterocycles. The van der Waals surface area contributed by atoms with Crippen molar-refractivity contribution in [2.24, 2.45) is 0 Å². The first-order valence-electron chi connectivity index (χ1n) is 7.97. The van der Waals surface area contributed by atoms with Crippen molar-refractivity contribution < 1.29 is 9.59 Å². The van der Waals surface area contributed by atoms with Crippen LogP contribution in [0.25, 0.3) is 0 Å². The minimum atomic E-state index is -0.247. The number of nitrogens with zero attached hydrogens (tertiary/aromatic N) is 1. The van der Waals surface area contributed by atoms with Gasteiger partial charge in [0.25, 0.3) is 5.91 Å². The molecule has 1 aliphatic rings. The molecule has 0 aliphatic carbocycles. The summed E-state index contributed by atoms with van der Waals surface area (Å²) in [5, 5.41) is 6.18. The first-order valence-corrected chi connectivity index (χ1v) is 7.97. The van der Waals surface area contributed by atoms with Crippen molar-refractivity contribution >= 4 is 17.5 Å². The van der Waals surface area contributed by atoms with Crippen molar-refractivity contribution in [3.63, 3.8) is 0 Å². The zero-order chi connectivity index (χ0) is 17.1. The summed E-state index contributed by atoms with van der Waals surface area (Å²) in [5.74, 6) is -0.116. The minimum Gasteiger partial charge on any atom is -0.345 e. The Hall–Kier alpha value is -2.66. The Labute approximate surface area is 141 Å². The first-order chi connectivity index (χ1) is 11.5. The summed E-state index contributed by atoms with van der Waals surface area (Å²) in [6.45, 7) is 0.699. The Balaban J connectivity index is 1.64. The van der Waals surface area contributed by atoms with E-state index in [9.17, 15) is 9.59 Å². The molecule has 2 amide bonds. The maximum atomic E-state index is 12.5. The number of anilines is 1. The fraction of sp³-hybridized carbons (Fsp3) is 0.263. The van der Waals surface area contributed by atoms with E-state index in [2.05, 4.69) is 22.8 Å². The van der Waals surface area contributed by atoms with Crippen LogP contribution in [0.4, 0.5) is 5.69 Å². The smallest absolute Gasteiger partial charge is 0.253 e. The summed E-state index contributed by atoms with van der Waals surface area (Å²) < 4.78 is 0. The molecule has 124 valence electrons. The van der Waals surface area contributed by atoms with Crippen molar-refractivity contribution in [2.75, 3.05) is 19.4 Å². The SMILES string of the molecule is CN(C)C(=O)c1ccc(NC(=O)C2Cc3ccccc3CN2)cc1. The molecule has 0 spiro atoms. The van der Waals surface area contributed by atoms with Crippen molar-refractivity contribution in [1.29, 1.82) is 0 Å². The van der Waals surface area contributed by atoms with Gasteiger partial charge in [0.15, 0.2) is 0 Å². The monoisotopic (exact) mass is 323 g/mol. The predicted octanol–water partition coefficient (Wildman–Crippen LogP) is 2.04. The summed E-state index contributed by atoms with van der Waals surface area (Å²) in [5.41, 5.74) is 3.75. The van der Waals surface area contributed by atoms with Gasteiger partial charge in [-0.25, -0.2) is 0 Å². The molecule has 5 heteroatoms. The molecule has 0 fully saturated rings. The van der Waals surface area contributed by atoms with Crippen LogP contribution < -0.4 is 10.6 Å². The van der Waals surface area contributed by atoms with Crippen molar-refractivity contribution in [3.05, 3.63) is 65.2 Å². The van der Waals surface area contributed by atoms with E-state index in [0.717, 1.165) is 0 Å². The van der Waals surface area contributed by atoms with E-state index in [4.69, 9.17) is 0 Å². The maximum absolute atomic E-state index is 12.5. The van der Waals surface area contributed by atoms with Crippen LogP contribution in [0.3, 0.4) is 0 Å². The van der Waals surface area contributed by atoms with Gasteiger partial charge in [0.1, 0.15) is 0 Å². The highest BCUT2D eigenvalue weighted by molar-refractivity contribution is 5.97. The molecular weight excluding hydrogens is 302 g/mol. The molecule has 2 aromatic carbocycles. The van der Waals surface area contributed by atoms with Crippen LogP contribution in [-0.2, 0) is 17.8 Å². The van der Waals surface area contributed by atoms with Crippen LogP contribution >= 0.6 is 0 Å². The molecule has 5 nitrogen and oxygen atoms in total. The minimum absolute atomic E-state index is 0.0570. The number of hydrogen-bond acceptors (Lipinski definition) is 3. The quantitative estimate of drug-likeness (QED) is 0.909. The average molecular weight is 323 g/mol. The number of nitrogens with one attached hydrogen (secondary N) is 2. The molecule has 0 saturated carbocycles. The van der Waals surface area contributed by atoms with Crippen molar-refractivity contribution in [1.82, 2.24) is 10.2 Å². The third-order valence-corrected chi connectivity index (χ3v) is 4.20. The van der Waals surface area contributed by atoms with Gasteiger partial charge in [-0.15, -0.1) is 0 Å². The molecule has 0 bridgehead atoms. The lowest BCUT2D eigenvalue weighted by Gasteiger charge is -2.25. The fourth-order valence-corrected chi connectivity index (χ4v) is 2.82. The predicted molar refractivity (Wildman–Crippen MR) is 93.9 cm³/mol. The highest BCUT2D eigenvalue weighted by Crippen LogP contribution is 2.18. The number of benzene rings is 2. The molecule has 1 atom stereocenters. The Morgan fingerprint density at radius 3 is 2.38 bits per heavy atom. The Bertz CT molecular complexity index is 753. The van der Waals surface area contributed by atoms with Crippen LogP contribution in [0.5, 0.6) is 0 Å². The normalized spacial score (nSPS) is 16.2. The summed E-state index contributed by atoms with van der Waals surface area (Å²) in [6, 6.07) is 14.9. The molecule has 3 rings (SSSR count). The zero-order valence-electron chi connectivity index (χ0n) is 13.9. The molecule has 0 radical (unpaired) electrons. The topological polar surface area (TPSA) is 61.4 Å². The summed E-state index contributed by atoms with van der Waals surface area (Å²) >= 11 is 0. The van der Waals surface area contributed by atoms with Crippen LogP contribution in [0.1, 0.15) is 21.5 Å². The van der Waals surface area contributed by atoms with Gasteiger partial charge < -0.3 is 15.5 Å². The van der Waals surface area contributed by atoms with Gasteiger partial charge in [-0.2, -0.15) is 0 Å². The summed E-state index contributed by atoms with van der Waals surface area (Å²) in [6.07, 6.45) is 0.680. The van der Waals surface area contributed by atoms with Crippen molar-refractivity contribution in [2.45, 2.75) is 19.0 Å². The third-order valence-electron chi connectivity index (χ3n) is 4.20. The zero-order valence-corrected chi connectivity index (χ0v) is 13.9. The second-order valence-electron chi connectivity index (χ2n) is 6.17. The number of fused-ring (bicyclic) bond motifs is 1. The largest absolute Gasteiger partial charge is 0.345 e.